The van der Waals surface area contributed by atoms with E-state index in [1.807, 2.05) is 19.1 Å². The smallest absolute Gasteiger partial charge is 0.166 e. The molecule has 0 radical (unpaired) electrons. The van der Waals surface area contributed by atoms with Crippen molar-refractivity contribution in [3.05, 3.63) is 64.2 Å². The van der Waals surface area contributed by atoms with Gasteiger partial charge in [-0.2, -0.15) is 26.3 Å². The summed E-state index contributed by atoms with van der Waals surface area (Å²) >= 11 is 0. The van der Waals surface area contributed by atoms with E-state index in [1.54, 1.807) is 12.1 Å². The molecule has 2 aromatic rings. The van der Waals surface area contributed by atoms with Crippen LogP contribution in [0.25, 0.3) is 17.2 Å². The molecule has 0 bridgehead atoms. The van der Waals surface area contributed by atoms with Crippen LogP contribution in [0.2, 0.25) is 0 Å². The van der Waals surface area contributed by atoms with Gasteiger partial charge in [0.25, 0.3) is 0 Å². The normalized spacial score (nSPS) is 17.6. The molecular formula is C18H14F6Si. The summed E-state index contributed by atoms with van der Waals surface area (Å²) in [5, 5.41) is 0. The van der Waals surface area contributed by atoms with Gasteiger partial charge in [-0.3, -0.25) is 0 Å². The maximum Gasteiger partial charge on any atom is 0.416 e. The zero-order valence-electron chi connectivity index (χ0n) is 13.4. The van der Waals surface area contributed by atoms with Gasteiger partial charge in [0.15, 0.2) is 0 Å². The van der Waals surface area contributed by atoms with Crippen LogP contribution in [0.5, 0.6) is 0 Å². The number of alkyl halides is 6. The van der Waals surface area contributed by atoms with Crippen molar-refractivity contribution >= 4 is 16.3 Å². The lowest BCUT2D eigenvalue weighted by molar-refractivity contribution is -0.143. The summed E-state index contributed by atoms with van der Waals surface area (Å²) in [6, 6.07) is 6.85. The first-order chi connectivity index (χ1) is 11.5. The Bertz CT molecular complexity index is 829. The minimum absolute atomic E-state index is 0.0705. The van der Waals surface area contributed by atoms with Crippen molar-refractivity contribution in [1.82, 2.24) is 0 Å². The van der Waals surface area contributed by atoms with Gasteiger partial charge in [-0.15, -0.1) is 0 Å². The van der Waals surface area contributed by atoms with Crippen LogP contribution in [-0.2, 0) is 12.4 Å². The second-order valence-electron chi connectivity index (χ2n) is 6.21. The van der Waals surface area contributed by atoms with E-state index < -0.39 is 23.5 Å². The quantitative estimate of drug-likeness (QED) is 0.476. The van der Waals surface area contributed by atoms with Gasteiger partial charge in [0, 0.05) is 10.2 Å². The average Bonchev–Trinajstić information content (AvgIpc) is 2.80. The molecule has 7 heteroatoms. The molecule has 132 valence electrons. The number of hydrogen-bond donors (Lipinski definition) is 0. The molecule has 0 saturated carbocycles. The monoisotopic (exact) mass is 372 g/mol. The van der Waals surface area contributed by atoms with Gasteiger partial charge in [-0.1, -0.05) is 29.8 Å². The lowest BCUT2D eigenvalue weighted by Gasteiger charge is -2.16. The molecule has 25 heavy (non-hydrogen) atoms. The number of halogens is 6. The Balaban J connectivity index is 2.26. The number of benzene rings is 2. The van der Waals surface area contributed by atoms with Crippen LogP contribution >= 0.6 is 0 Å². The molecule has 0 nitrogen and oxygen atoms in total. The van der Waals surface area contributed by atoms with Gasteiger partial charge in [0.05, 0.1) is 11.1 Å². The van der Waals surface area contributed by atoms with Gasteiger partial charge in [0.2, 0.25) is 0 Å². The first-order valence-electron chi connectivity index (χ1n) is 7.59. The number of allylic oxidation sites excluding steroid dienone is 1. The third-order valence-corrected chi connectivity index (χ3v) is 6.09. The summed E-state index contributed by atoms with van der Waals surface area (Å²) in [6.07, 6.45) is -7.84. The fraction of sp³-hybridized carbons (Fsp3) is 0.222. The van der Waals surface area contributed by atoms with E-state index in [0.29, 0.717) is 11.1 Å². The fourth-order valence-electron chi connectivity index (χ4n) is 3.08. The van der Waals surface area contributed by atoms with Crippen molar-refractivity contribution in [3.63, 3.8) is 0 Å². The van der Waals surface area contributed by atoms with Crippen molar-refractivity contribution in [2.45, 2.75) is 24.8 Å². The van der Waals surface area contributed by atoms with Crippen LogP contribution in [0, 0.1) is 0 Å². The molecule has 2 aromatic carbocycles. The highest BCUT2D eigenvalue weighted by atomic mass is 28.1. The first kappa shape index (κ1) is 17.8. The van der Waals surface area contributed by atoms with Gasteiger partial charge < -0.3 is 0 Å². The molecule has 1 unspecified atom stereocenters. The largest absolute Gasteiger partial charge is 0.416 e. The van der Waals surface area contributed by atoms with Gasteiger partial charge in [-0.25, -0.2) is 0 Å². The number of fused-ring (bicyclic) bond motifs is 1. The average molecular weight is 372 g/mol. The second kappa shape index (κ2) is 5.76. The number of rotatable bonds is 1. The van der Waals surface area contributed by atoms with E-state index in [2.05, 4.69) is 0 Å². The molecule has 0 spiro atoms. The zero-order chi connectivity index (χ0) is 18.6. The summed E-state index contributed by atoms with van der Waals surface area (Å²) in [5.41, 5.74) is 0.720. The van der Waals surface area contributed by atoms with Crippen LogP contribution in [0.1, 0.15) is 34.7 Å². The van der Waals surface area contributed by atoms with Crippen LogP contribution in [0.15, 0.2) is 42.0 Å². The second-order valence-corrected chi connectivity index (χ2v) is 7.37. The standard InChI is InChI=1S/C18H14F6Si/c1-9-5-15-13(3-2-4-14(15)16(9)25)10-6-11(17(19,20)21)8-12(7-10)18(22,23)24/h2-8,16H,1,25H3. The van der Waals surface area contributed by atoms with Crippen molar-refractivity contribution in [2.75, 3.05) is 0 Å². The van der Waals surface area contributed by atoms with Crippen molar-refractivity contribution in [3.8, 4) is 11.1 Å². The van der Waals surface area contributed by atoms with Crippen LogP contribution in [0.4, 0.5) is 26.3 Å². The van der Waals surface area contributed by atoms with E-state index in [0.717, 1.165) is 33.5 Å². The van der Waals surface area contributed by atoms with Gasteiger partial charge in [-0.05, 0) is 52.9 Å². The highest BCUT2D eigenvalue weighted by Crippen LogP contribution is 2.43. The summed E-state index contributed by atoms with van der Waals surface area (Å²) in [5.74, 6) is 0. The van der Waals surface area contributed by atoms with E-state index in [4.69, 9.17) is 0 Å². The molecule has 0 aliphatic heterocycles. The Kier molecular flexibility index (Phi) is 4.10. The third kappa shape index (κ3) is 3.25. The molecule has 1 atom stereocenters. The lowest BCUT2D eigenvalue weighted by atomic mass is 9.94. The SMILES string of the molecule is CC1=Cc2c(-c3cc(C(F)(F)F)cc(C(F)(F)F)c3)cccc2C1[SiH3]. The minimum Gasteiger partial charge on any atom is -0.166 e. The number of hydrogen-bond acceptors (Lipinski definition) is 0. The summed E-state index contributed by atoms with van der Waals surface area (Å²) in [6.45, 7) is 1.93. The lowest BCUT2D eigenvalue weighted by Crippen LogP contribution is -2.11. The zero-order valence-corrected chi connectivity index (χ0v) is 15.4. The maximum absolute atomic E-state index is 13.1. The molecule has 3 rings (SSSR count). The molecule has 0 heterocycles. The predicted molar refractivity (Wildman–Crippen MR) is 88.2 cm³/mol. The van der Waals surface area contributed by atoms with Crippen LogP contribution in [-0.4, -0.2) is 10.2 Å². The molecule has 1 aliphatic carbocycles. The van der Waals surface area contributed by atoms with E-state index in [-0.39, 0.29) is 17.2 Å². The summed E-state index contributed by atoms with van der Waals surface area (Å²) in [7, 11) is 0.827. The third-order valence-electron chi connectivity index (χ3n) is 4.56. The Labute approximate surface area is 143 Å². The highest BCUT2D eigenvalue weighted by molar-refractivity contribution is 6.16. The Morgan fingerprint density at radius 1 is 0.880 bits per heavy atom. The summed E-state index contributed by atoms with van der Waals surface area (Å²) in [4.78, 5) is 0. The van der Waals surface area contributed by atoms with Gasteiger partial charge >= 0.3 is 12.4 Å². The van der Waals surface area contributed by atoms with Crippen molar-refractivity contribution in [1.29, 1.82) is 0 Å². The Morgan fingerprint density at radius 3 is 1.96 bits per heavy atom. The maximum atomic E-state index is 13.1. The molecule has 0 saturated heterocycles. The molecular weight excluding hydrogens is 358 g/mol. The first-order valence-corrected chi connectivity index (χ1v) is 8.75. The summed E-state index contributed by atoms with van der Waals surface area (Å²) < 4.78 is 78.5. The topological polar surface area (TPSA) is 0 Å². The van der Waals surface area contributed by atoms with Crippen molar-refractivity contribution in [2.24, 2.45) is 0 Å². The van der Waals surface area contributed by atoms with Gasteiger partial charge in [0.1, 0.15) is 0 Å². The van der Waals surface area contributed by atoms with Crippen molar-refractivity contribution < 1.29 is 26.3 Å². The molecule has 1 aliphatic rings. The molecule has 0 N–H and O–H groups in total. The van der Waals surface area contributed by atoms with Crippen LogP contribution < -0.4 is 0 Å². The Morgan fingerprint density at radius 2 is 1.44 bits per heavy atom. The minimum atomic E-state index is -4.85. The molecule has 0 amide bonds. The van der Waals surface area contributed by atoms with E-state index >= 15 is 0 Å². The Hall–Kier alpha value is -2.02. The predicted octanol–water partition coefficient (Wildman–Crippen LogP) is 5.21. The fourth-order valence-corrected chi connectivity index (χ4v) is 3.75. The van der Waals surface area contributed by atoms with E-state index in [1.165, 1.54) is 0 Å². The molecule has 0 aromatic heterocycles. The van der Waals surface area contributed by atoms with Crippen LogP contribution in [0.3, 0.4) is 0 Å². The molecule has 0 fully saturated rings. The highest BCUT2D eigenvalue weighted by Gasteiger charge is 2.37. The van der Waals surface area contributed by atoms with E-state index in [9.17, 15) is 26.3 Å².